The second kappa shape index (κ2) is 5.88. The van der Waals surface area contributed by atoms with Crippen LogP contribution in [0.1, 0.15) is 12.6 Å². The molecule has 6 nitrogen and oxygen atoms in total. The van der Waals surface area contributed by atoms with Gasteiger partial charge in [-0.05, 0) is 26.0 Å². The molecule has 2 heterocycles. The van der Waals surface area contributed by atoms with Crippen LogP contribution >= 0.6 is 0 Å². The smallest absolute Gasteiger partial charge is 0.241 e. The number of nitrogens with zero attached hydrogens (tertiary/aromatic N) is 4. The number of carbonyl (C=O) groups excluding carboxylic acids is 1. The topological polar surface area (TPSA) is 65.9 Å². The lowest BCUT2D eigenvalue weighted by Gasteiger charge is -2.36. The summed E-state index contributed by atoms with van der Waals surface area (Å²) in [6, 6.07) is 3.82. The van der Waals surface area contributed by atoms with Gasteiger partial charge < -0.3 is 4.90 Å². The number of rotatable bonds is 4. The molecule has 1 unspecified atom stereocenters. The van der Waals surface area contributed by atoms with Crippen molar-refractivity contribution in [2.24, 2.45) is 5.18 Å². The van der Waals surface area contributed by atoms with Gasteiger partial charge in [-0.15, -0.1) is 0 Å². The summed E-state index contributed by atoms with van der Waals surface area (Å²) >= 11 is 0. The minimum absolute atomic E-state index is 0.0137. The molecule has 1 amide bonds. The van der Waals surface area contributed by atoms with Crippen LogP contribution < -0.4 is 4.90 Å². The molecule has 0 bridgehead atoms. The monoisotopic (exact) mass is 262 g/mol. The molecular formula is C13H18N4O2. The van der Waals surface area contributed by atoms with Crippen LogP contribution in [0.5, 0.6) is 0 Å². The summed E-state index contributed by atoms with van der Waals surface area (Å²) in [6.45, 7) is 5.74. The number of carbonyl (C=O) groups is 1. The Morgan fingerprint density at radius 3 is 2.79 bits per heavy atom. The second-order valence-electron chi connectivity index (χ2n) is 4.83. The Morgan fingerprint density at radius 2 is 2.21 bits per heavy atom. The Bertz CT molecular complexity index is 460. The first-order chi connectivity index (χ1) is 9.11. The Morgan fingerprint density at radius 1 is 1.42 bits per heavy atom. The standard InChI is InChI=1S/C13H18N4O2/c1-10-3-4-12(8-14-10)17-6-5-16(9-13(17)18)11(2)7-15-19/h3-4,8,11H,5-7,9H2,1-2H3. The summed E-state index contributed by atoms with van der Waals surface area (Å²) in [7, 11) is 0. The van der Waals surface area contributed by atoms with E-state index >= 15 is 0 Å². The molecule has 1 atom stereocenters. The molecule has 2 rings (SSSR count). The van der Waals surface area contributed by atoms with Crippen molar-refractivity contribution in [2.75, 3.05) is 31.1 Å². The highest BCUT2D eigenvalue weighted by molar-refractivity contribution is 5.95. The van der Waals surface area contributed by atoms with Crippen LogP contribution in [-0.2, 0) is 4.79 Å². The number of anilines is 1. The van der Waals surface area contributed by atoms with Crippen LogP contribution in [0, 0.1) is 11.8 Å². The molecule has 0 aromatic carbocycles. The van der Waals surface area contributed by atoms with Crippen LogP contribution in [0.3, 0.4) is 0 Å². The highest BCUT2D eigenvalue weighted by Crippen LogP contribution is 2.17. The highest BCUT2D eigenvalue weighted by Gasteiger charge is 2.27. The van der Waals surface area contributed by atoms with Crippen LogP contribution in [0.4, 0.5) is 5.69 Å². The van der Waals surface area contributed by atoms with Gasteiger partial charge in [-0.25, -0.2) is 0 Å². The van der Waals surface area contributed by atoms with Gasteiger partial charge in [0.1, 0.15) is 0 Å². The lowest BCUT2D eigenvalue weighted by molar-refractivity contribution is -0.121. The van der Waals surface area contributed by atoms with E-state index in [-0.39, 0.29) is 18.5 Å². The summed E-state index contributed by atoms with van der Waals surface area (Å²) in [5, 5.41) is 2.90. The zero-order valence-corrected chi connectivity index (χ0v) is 11.2. The lowest BCUT2D eigenvalue weighted by atomic mass is 10.2. The van der Waals surface area contributed by atoms with E-state index in [2.05, 4.69) is 10.2 Å². The summed E-state index contributed by atoms with van der Waals surface area (Å²) in [5.74, 6) is 0.0367. The maximum Gasteiger partial charge on any atom is 0.241 e. The third-order valence-electron chi connectivity index (χ3n) is 3.42. The minimum atomic E-state index is 0.0137. The fourth-order valence-corrected chi connectivity index (χ4v) is 2.18. The average Bonchev–Trinajstić information content (AvgIpc) is 2.40. The number of pyridine rings is 1. The number of hydrogen-bond acceptors (Lipinski definition) is 5. The van der Waals surface area contributed by atoms with Crippen LogP contribution in [0.15, 0.2) is 23.5 Å². The zero-order valence-electron chi connectivity index (χ0n) is 11.2. The van der Waals surface area contributed by atoms with Gasteiger partial charge in [0, 0.05) is 24.8 Å². The highest BCUT2D eigenvalue weighted by atomic mass is 16.3. The molecule has 1 aromatic rings. The first kappa shape index (κ1) is 13.6. The van der Waals surface area contributed by atoms with Crippen molar-refractivity contribution < 1.29 is 4.79 Å². The number of aryl methyl sites for hydroxylation is 1. The Balaban J connectivity index is 2.02. The fraction of sp³-hybridized carbons (Fsp3) is 0.538. The van der Waals surface area contributed by atoms with Crippen molar-refractivity contribution in [1.29, 1.82) is 0 Å². The van der Waals surface area contributed by atoms with E-state index in [9.17, 15) is 9.70 Å². The molecule has 19 heavy (non-hydrogen) atoms. The quantitative estimate of drug-likeness (QED) is 0.765. The summed E-state index contributed by atoms with van der Waals surface area (Å²) < 4.78 is 0. The van der Waals surface area contributed by atoms with Gasteiger partial charge in [0.2, 0.25) is 5.91 Å². The van der Waals surface area contributed by atoms with Gasteiger partial charge in [0.05, 0.1) is 25.0 Å². The normalized spacial score (nSPS) is 18.4. The van der Waals surface area contributed by atoms with E-state index < -0.39 is 0 Å². The Labute approximate surface area is 112 Å². The van der Waals surface area contributed by atoms with Crippen molar-refractivity contribution in [3.63, 3.8) is 0 Å². The summed E-state index contributed by atoms with van der Waals surface area (Å²) in [5.41, 5.74) is 1.76. The van der Waals surface area contributed by atoms with Crippen molar-refractivity contribution >= 4 is 11.6 Å². The zero-order chi connectivity index (χ0) is 13.8. The molecule has 0 aliphatic carbocycles. The molecule has 1 aliphatic heterocycles. The number of amides is 1. The molecule has 0 radical (unpaired) electrons. The molecule has 6 heteroatoms. The molecule has 1 saturated heterocycles. The van der Waals surface area contributed by atoms with E-state index in [4.69, 9.17) is 0 Å². The van der Waals surface area contributed by atoms with Gasteiger partial charge in [0.25, 0.3) is 0 Å². The molecular weight excluding hydrogens is 244 g/mol. The van der Waals surface area contributed by atoms with E-state index in [1.807, 2.05) is 30.9 Å². The molecule has 0 spiro atoms. The third-order valence-corrected chi connectivity index (χ3v) is 3.42. The van der Waals surface area contributed by atoms with Gasteiger partial charge >= 0.3 is 0 Å². The van der Waals surface area contributed by atoms with Crippen molar-refractivity contribution in [3.8, 4) is 0 Å². The number of piperazine rings is 1. The van der Waals surface area contributed by atoms with Gasteiger partial charge in [-0.2, -0.15) is 4.91 Å². The Hall–Kier alpha value is -1.82. The number of nitroso groups, excluding NO2 is 1. The number of aromatic nitrogens is 1. The average molecular weight is 262 g/mol. The third kappa shape index (κ3) is 3.14. The van der Waals surface area contributed by atoms with Crippen molar-refractivity contribution in [3.05, 3.63) is 28.9 Å². The predicted molar refractivity (Wildman–Crippen MR) is 73.0 cm³/mol. The molecule has 1 aliphatic rings. The van der Waals surface area contributed by atoms with Crippen molar-refractivity contribution in [1.82, 2.24) is 9.88 Å². The number of hydrogen-bond donors (Lipinski definition) is 0. The van der Waals surface area contributed by atoms with E-state index in [0.717, 1.165) is 17.9 Å². The van der Waals surface area contributed by atoms with E-state index in [1.165, 1.54) is 0 Å². The summed E-state index contributed by atoms with van der Waals surface area (Å²) in [4.78, 5) is 30.4. The van der Waals surface area contributed by atoms with Crippen molar-refractivity contribution in [2.45, 2.75) is 19.9 Å². The van der Waals surface area contributed by atoms with E-state index in [1.54, 1.807) is 11.1 Å². The van der Waals surface area contributed by atoms with Crippen LogP contribution in [0.2, 0.25) is 0 Å². The van der Waals surface area contributed by atoms with Gasteiger partial charge in [0.15, 0.2) is 0 Å². The molecule has 1 aromatic heterocycles. The molecule has 0 saturated carbocycles. The predicted octanol–water partition coefficient (Wildman–Crippen LogP) is 1.19. The largest absolute Gasteiger partial charge is 0.308 e. The van der Waals surface area contributed by atoms with Gasteiger partial charge in [-0.1, -0.05) is 5.18 Å². The lowest BCUT2D eigenvalue weighted by Crippen LogP contribution is -2.53. The van der Waals surface area contributed by atoms with Crippen LogP contribution in [-0.4, -0.2) is 48.0 Å². The molecule has 102 valence electrons. The SMILES string of the molecule is Cc1ccc(N2CCN(C(C)CN=O)CC2=O)cn1. The van der Waals surface area contributed by atoms with Gasteiger partial charge in [-0.3, -0.25) is 14.7 Å². The van der Waals surface area contributed by atoms with Crippen LogP contribution in [0.25, 0.3) is 0 Å². The Kier molecular flexibility index (Phi) is 4.21. The first-order valence-corrected chi connectivity index (χ1v) is 6.38. The molecule has 1 fully saturated rings. The fourth-order valence-electron chi connectivity index (χ4n) is 2.18. The first-order valence-electron chi connectivity index (χ1n) is 6.38. The summed E-state index contributed by atoms with van der Waals surface area (Å²) in [6.07, 6.45) is 1.72. The second-order valence-corrected chi connectivity index (χ2v) is 4.83. The maximum absolute atomic E-state index is 12.1. The maximum atomic E-state index is 12.1. The molecule has 0 N–H and O–H groups in total. The minimum Gasteiger partial charge on any atom is -0.308 e. The van der Waals surface area contributed by atoms with E-state index in [0.29, 0.717) is 13.1 Å².